The zero-order chi connectivity index (χ0) is 15.2. The van der Waals surface area contributed by atoms with Gasteiger partial charge in [0.1, 0.15) is 0 Å². The molecule has 0 fully saturated rings. The Bertz CT molecular complexity index is 612. The minimum atomic E-state index is 0.123. The summed E-state index contributed by atoms with van der Waals surface area (Å²) >= 11 is 7.44. The molecular weight excluding hydrogens is 302 g/mol. The standard InChI is InChI=1S/C17H18ClNOS/c1-13-5-3-4-6-16(13)21-12-17(20)19(2)11-14-7-9-15(18)10-8-14/h3-10H,11-12H2,1-2H3. The van der Waals surface area contributed by atoms with Crippen molar-refractivity contribution in [3.8, 4) is 0 Å². The van der Waals surface area contributed by atoms with Crippen molar-refractivity contribution in [2.45, 2.75) is 18.4 Å². The van der Waals surface area contributed by atoms with Crippen LogP contribution in [0.2, 0.25) is 5.02 Å². The third kappa shape index (κ3) is 4.80. The minimum Gasteiger partial charge on any atom is -0.341 e. The highest BCUT2D eigenvalue weighted by Gasteiger charge is 2.10. The van der Waals surface area contributed by atoms with Crippen molar-refractivity contribution in [1.29, 1.82) is 0 Å². The summed E-state index contributed by atoms with van der Waals surface area (Å²) in [6.45, 7) is 2.66. The fourth-order valence-corrected chi connectivity index (χ4v) is 3.02. The lowest BCUT2D eigenvalue weighted by molar-refractivity contribution is -0.127. The normalized spacial score (nSPS) is 10.4. The second kappa shape index (κ2) is 7.53. The van der Waals surface area contributed by atoms with Crippen molar-refractivity contribution in [3.63, 3.8) is 0 Å². The van der Waals surface area contributed by atoms with Gasteiger partial charge in [-0.2, -0.15) is 0 Å². The van der Waals surface area contributed by atoms with Gasteiger partial charge in [0, 0.05) is 23.5 Å². The molecule has 4 heteroatoms. The molecule has 0 bridgehead atoms. The summed E-state index contributed by atoms with van der Waals surface area (Å²) in [5, 5.41) is 0.711. The average molecular weight is 320 g/mol. The Balaban J connectivity index is 1.88. The monoisotopic (exact) mass is 319 g/mol. The summed E-state index contributed by atoms with van der Waals surface area (Å²) in [6, 6.07) is 15.7. The number of hydrogen-bond donors (Lipinski definition) is 0. The first-order valence-electron chi connectivity index (χ1n) is 6.73. The van der Waals surface area contributed by atoms with E-state index in [1.807, 2.05) is 49.5 Å². The Hall–Kier alpha value is -1.45. The molecule has 0 saturated carbocycles. The maximum atomic E-state index is 12.2. The van der Waals surface area contributed by atoms with E-state index in [0.29, 0.717) is 17.3 Å². The number of carbonyl (C=O) groups excluding carboxylic acids is 1. The van der Waals surface area contributed by atoms with Crippen LogP contribution in [0.3, 0.4) is 0 Å². The van der Waals surface area contributed by atoms with Crippen molar-refractivity contribution in [2.75, 3.05) is 12.8 Å². The lowest BCUT2D eigenvalue weighted by atomic mass is 10.2. The summed E-state index contributed by atoms with van der Waals surface area (Å²) in [5.41, 5.74) is 2.28. The van der Waals surface area contributed by atoms with E-state index in [4.69, 9.17) is 11.6 Å². The third-order valence-corrected chi connectivity index (χ3v) is 4.62. The minimum absolute atomic E-state index is 0.123. The van der Waals surface area contributed by atoms with Crippen molar-refractivity contribution in [2.24, 2.45) is 0 Å². The van der Waals surface area contributed by atoms with Crippen molar-refractivity contribution in [1.82, 2.24) is 4.90 Å². The molecule has 0 aliphatic rings. The lowest BCUT2D eigenvalue weighted by Gasteiger charge is -2.17. The van der Waals surface area contributed by atoms with Gasteiger partial charge >= 0.3 is 0 Å². The Kier molecular flexibility index (Phi) is 5.71. The van der Waals surface area contributed by atoms with E-state index in [-0.39, 0.29) is 5.91 Å². The molecule has 0 heterocycles. The number of nitrogens with zero attached hydrogens (tertiary/aromatic N) is 1. The molecule has 2 aromatic rings. The zero-order valence-corrected chi connectivity index (χ0v) is 13.7. The van der Waals surface area contributed by atoms with Gasteiger partial charge < -0.3 is 4.90 Å². The summed E-state index contributed by atoms with van der Waals surface area (Å²) in [7, 11) is 1.83. The molecule has 2 nitrogen and oxygen atoms in total. The topological polar surface area (TPSA) is 20.3 Å². The number of thioether (sulfide) groups is 1. The molecular formula is C17H18ClNOS. The van der Waals surface area contributed by atoms with E-state index < -0.39 is 0 Å². The molecule has 0 aliphatic carbocycles. The molecule has 0 N–H and O–H groups in total. The van der Waals surface area contributed by atoms with Gasteiger partial charge in [-0.1, -0.05) is 41.9 Å². The Morgan fingerprint density at radius 3 is 2.48 bits per heavy atom. The number of benzene rings is 2. The fraction of sp³-hybridized carbons (Fsp3) is 0.235. The van der Waals surface area contributed by atoms with Crippen LogP contribution in [0.15, 0.2) is 53.4 Å². The fourth-order valence-electron chi connectivity index (χ4n) is 1.92. The van der Waals surface area contributed by atoms with E-state index >= 15 is 0 Å². The van der Waals surface area contributed by atoms with E-state index in [0.717, 1.165) is 10.5 Å². The molecule has 0 spiro atoms. The summed E-state index contributed by atoms with van der Waals surface area (Å²) in [4.78, 5) is 15.1. The summed E-state index contributed by atoms with van der Waals surface area (Å²) in [6.07, 6.45) is 0. The highest BCUT2D eigenvalue weighted by Crippen LogP contribution is 2.22. The molecule has 0 atom stereocenters. The van der Waals surface area contributed by atoms with Gasteiger partial charge in [0.2, 0.25) is 5.91 Å². The molecule has 110 valence electrons. The van der Waals surface area contributed by atoms with Gasteiger partial charge in [-0.25, -0.2) is 0 Å². The Labute approximate surface area is 135 Å². The van der Waals surface area contributed by atoms with Crippen LogP contribution < -0.4 is 0 Å². The van der Waals surface area contributed by atoms with Crippen LogP contribution in [0.1, 0.15) is 11.1 Å². The van der Waals surface area contributed by atoms with E-state index in [9.17, 15) is 4.79 Å². The molecule has 0 saturated heterocycles. The predicted octanol–water partition coefficient (Wildman–Crippen LogP) is 4.40. The maximum absolute atomic E-state index is 12.2. The summed E-state index contributed by atoms with van der Waals surface area (Å²) < 4.78 is 0. The smallest absolute Gasteiger partial charge is 0.232 e. The van der Waals surface area contributed by atoms with Crippen LogP contribution >= 0.6 is 23.4 Å². The van der Waals surface area contributed by atoms with Gasteiger partial charge in [-0.05, 0) is 36.2 Å². The van der Waals surface area contributed by atoms with Crippen LogP contribution in [0.5, 0.6) is 0 Å². The molecule has 0 unspecified atom stereocenters. The molecule has 0 aromatic heterocycles. The van der Waals surface area contributed by atoms with Crippen molar-refractivity contribution >= 4 is 29.3 Å². The average Bonchev–Trinajstić information content (AvgIpc) is 2.48. The molecule has 21 heavy (non-hydrogen) atoms. The first-order valence-corrected chi connectivity index (χ1v) is 8.09. The largest absolute Gasteiger partial charge is 0.341 e. The third-order valence-electron chi connectivity index (χ3n) is 3.20. The SMILES string of the molecule is Cc1ccccc1SCC(=O)N(C)Cc1ccc(Cl)cc1. The van der Waals surface area contributed by atoms with Crippen LogP contribution in [-0.4, -0.2) is 23.6 Å². The van der Waals surface area contributed by atoms with Crippen LogP contribution in [0.4, 0.5) is 0 Å². The Morgan fingerprint density at radius 2 is 1.81 bits per heavy atom. The molecule has 0 aliphatic heterocycles. The number of halogens is 1. The Morgan fingerprint density at radius 1 is 1.14 bits per heavy atom. The van der Waals surface area contributed by atoms with Crippen LogP contribution in [0.25, 0.3) is 0 Å². The molecule has 1 amide bonds. The number of amides is 1. The second-order valence-corrected chi connectivity index (χ2v) is 6.38. The van der Waals surface area contributed by atoms with E-state index in [1.54, 1.807) is 16.7 Å². The first-order chi connectivity index (χ1) is 10.1. The number of carbonyl (C=O) groups is 1. The van der Waals surface area contributed by atoms with Crippen LogP contribution in [0, 0.1) is 6.92 Å². The number of aryl methyl sites for hydroxylation is 1. The number of hydrogen-bond acceptors (Lipinski definition) is 2. The summed E-state index contributed by atoms with van der Waals surface area (Å²) in [5.74, 6) is 0.577. The van der Waals surface area contributed by atoms with E-state index in [2.05, 4.69) is 13.0 Å². The first kappa shape index (κ1) is 15.9. The van der Waals surface area contributed by atoms with Gasteiger partial charge in [0.05, 0.1) is 5.75 Å². The van der Waals surface area contributed by atoms with Gasteiger partial charge in [0.15, 0.2) is 0 Å². The second-order valence-electron chi connectivity index (χ2n) is 4.93. The van der Waals surface area contributed by atoms with Gasteiger partial charge in [-0.3, -0.25) is 4.79 Å². The molecule has 2 aromatic carbocycles. The number of rotatable bonds is 5. The molecule has 2 rings (SSSR count). The highest BCUT2D eigenvalue weighted by atomic mass is 35.5. The zero-order valence-electron chi connectivity index (χ0n) is 12.2. The quantitative estimate of drug-likeness (QED) is 0.761. The van der Waals surface area contributed by atoms with E-state index in [1.165, 1.54) is 5.56 Å². The maximum Gasteiger partial charge on any atom is 0.232 e. The predicted molar refractivity (Wildman–Crippen MR) is 89.8 cm³/mol. The van der Waals surface area contributed by atoms with Crippen molar-refractivity contribution < 1.29 is 4.79 Å². The van der Waals surface area contributed by atoms with Gasteiger partial charge in [-0.15, -0.1) is 11.8 Å². The van der Waals surface area contributed by atoms with Crippen molar-refractivity contribution in [3.05, 3.63) is 64.7 Å². The highest BCUT2D eigenvalue weighted by molar-refractivity contribution is 8.00. The molecule has 0 radical (unpaired) electrons. The van der Waals surface area contributed by atoms with Crippen LogP contribution in [-0.2, 0) is 11.3 Å². The lowest BCUT2D eigenvalue weighted by Crippen LogP contribution is -2.27. The van der Waals surface area contributed by atoms with Gasteiger partial charge in [0.25, 0.3) is 0 Å².